The van der Waals surface area contributed by atoms with Gasteiger partial charge in [-0.05, 0) is 0 Å². The fourth-order valence-electron chi connectivity index (χ4n) is 0.513. The predicted octanol–water partition coefficient (Wildman–Crippen LogP) is -0.540. The van der Waals surface area contributed by atoms with Crippen LogP contribution in [0.1, 0.15) is 10.5 Å². The van der Waals surface area contributed by atoms with Crippen molar-refractivity contribution in [1.29, 1.82) is 0 Å². The summed E-state index contributed by atoms with van der Waals surface area (Å²) in [6, 6.07) is 0. The fraction of sp³-hybridized carbons (Fsp3) is 0. The average Bonchev–Trinajstić information content (AvgIpc) is 2.05. The Hall–Kier alpha value is -1.69. The molecule has 0 aliphatic rings. The highest BCUT2D eigenvalue weighted by molar-refractivity contribution is 5.84. The van der Waals surface area contributed by atoms with E-state index in [1.165, 1.54) is 6.20 Å². The molecule has 0 unspecified atom stereocenters. The van der Waals surface area contributed by atoms with Crippen molar-refractivity contribution in [3.05, 3.63) is 18.1 Å². The topological polar surface area (TPSA) is 101 Å². The minimum atomic E-state index is -1.11. The second-order valence-corrected chi connectivity index (χ2v) is 1.74. The molecule has 0 saturated heterocycles. The normalized spacial score (nSPS) is 9.18. The Morgan fingerprint density at radius 2 is 2.27 bits per heavy atom. The van der Waals surface area contributed by atoms with E-state index < -0.39 is 5.97 Å². The van der Waals surface area contributed by atoms with Crippen LogP contribution in [0.15, 0.2) is 12.4 Å². The summed E-state index contributed by atoms with van der Waals surface area (Å²) in [6.45, 7) is 0. The van der Waals surface area contributed by atoms with E-state index in [2.05, 4.69) is 15.4 Å². The van der Waals surface area contributed by atoms with Crippen molar-refractivity contribution < 1.29 is 9.90 Å². The molecule has 11 heavy (non-hydrogen) atoms. The molecule has 4 N–H and O–H groups in total. The number of aromatic nitrogens is 2. The van der Waals surface area contributed by atoms with E-state index >= 15 is 0 Å². The Morgan fingerprint density at radius 1 is 1.55 bits per heavy atom. The Morgan fingerprint density at radius 3 is 2.64 bits per heavy atom. The molecule has 58 valence electrons. The molecule has 6 heteroatoms. The largest absolute Gasteiger partial charge is 0.476 e. The van der Waals surface area contributed by atoms with Gasteiger partial charge in [-0.3, -0.25) is 0 Å². The lowest BCUT2D eigenvalue weighted by atomic mass is 10.5. The predicted molar refractivity (Wildman–Crippen MR) is 36.8 cm³/mol. The third kappa shape index (κ3) is 1.62. The number of carboxylic acid groups (broad SMARTS) is 1. The lowest BCUT2D eigenvalue weighted by Gasteiger charge is -1.96. The van der Waals surface area contributed by atoms with Gasteiger partial charge < -0.3 is 10.5 Å². The molecule has 0 aliphatic heterocycles. The molecule has 1 heterocycles. The molecule has 1 aromatic rings. The van der Waals surface area contributed by atoms with Crippen molar-refractivity contribution in [2.45, 2.75) is 0 Å². The molecule has 0 radical (unpaired) electrons. The number of nitrogens with one attached hydrogen (secondary N) is 1. The molecule has 0 spiro atoms. The molecule has 1 aromatic heterocycles. The summed E-state index contributed by atoms with van der Waals surface area (Å²) >= 11 is 0. The van der Waals surface area contributed by atoms with Gasteiger partial charge in [-0.2, -0.15) is 0 Å². The maximum absolute atomic E-state index is 10.2. The van der Waals surface area contributed by atoms with E-state index in [1.807, 2.05) is 0 Å². The summed E-state index contributed by atoms with van der Waals surface area (Å²) in [7, 11) is 0. The van der Waals surface area contributed by atoms with Crippen molar-refractivity contribution in [2.75, 3.05) is 5.43 Å². The highest BCUT2D eigenvalue weighted by Gasteiger charge is 2.03. The van der Waals surface area contributed by atoms with Gasteiger partial charge >= 0.3 is 5.97 Å². The van der Waals surface area contributed by atoms with E-state index in [-0.39, 0.29) is 5.69 Å². The van der Waals surface area contributed by atoms with Crippen molar-refractivity contribution in [1.82, 2.24) is 9.97 Å². The van der Waals surface area contributed by atoms with E-state index in [9.17, 15) is 4.79 Å². The van der Waals surface area contributed by atoms with Crippen LogP contribution in [0, 0.1) is 0 Å². The standard InChI is InChI=1S/C5H6N4O2/c6-9-4-2-7-3(1-8-4)5(10)11/h1-2H,6H2,(H,8,9)(H,10,11). The van der Waals surface area contributed by atoms with Crippen LogP contribution in [0.4, 0.5) is 5.82 Å². The van der Waals surface area contributed by atoms with E-state index in [1.54, 1.807) is 0 Å². The smallest absolute Gasteiger partial charge is 0.356 e. The highest BCUT2D eigenvalue weighted by atomic mass is 16.4. The number of hydrogen-bond acceptors (Lipinski definition) is 5. The number of anilines is 1. The van der Waals surface area contributed by atoms with Crippen molar-refractivity contribution in [2.24, 2.45) is 5.84 Å². The van der Waals surface area contributed by atoms with Crippen molar-refractivity contribution in [3.63, 3.8) is 0 Å². The first-order valence-corrected chi connectivity index (χ1v) is 2.76. The van der Waals surface area contributed by atoms with Gasteiger partial charge in [-0.15, -0.1) is 0 Å². The average molecular weight is 154 g/mol. The Labute approximate surface area is 62.1 Å². The number of rotatable bonds is 2. The van der Waals surface area contributed by atoms with Crippen LogP contribution >= 0.6 is 0 Å². The van der Waals surface area contributed by atoms with Gasteiger partial charge in [0, 0.05) is 0 Å². The number of hydrazine groups is 1. The lowest BCUT2D eigenvalue weighted by molar-refractivity contribution is 0.0690. The van der Waals surface area contributed by atoms with Crippen molar-refractivity contribution in [3.8, 4) is 0 Å². The number of nitrogens with two attached hydrogens (primary N) is 1. The summed E-state index contributed by atoms with van der Waals surface area (Å²) in [5, 5.41) is 8.39. The maximum atomic E-state index is 10.2. The second-order valence-electron chi connectivity index (χ2n) is 1.74. The molecule has 0 saturated carbocycles. The van der Waals surface area contributed by atoms with Crippen LogP contribution in [0.5, 0.6) is 0 Å². The van der Waals surface area contributed by atoms with Gasteiger partial charge in [-0.25, -0.2) is 20.6 Å². The first-order chi connectivity index (χ1) is 5.24. The number of nitrogen functional groups attached to an aromatic ring is 1. The summed E-state index contributed by atoms with van der Waals surface area (Å²) in [5.74, 6) is 4.19. The minimum absolute atomic E-state index is 0.107. The van der Waals surface area contributed by atoms with Crippen LogP contribution in [0.2, 0.25) is 0 Å². The molecule has 6 nitrogen and oxygen atoms in total. The first kappa shape index (κ1) is 7.42. The van der Waals surface area contributed by atoms with Crippen LogP contribution in [-0.4, -0.2) is 21.0 Å². The minimum Gasteiger partial charge on any atom is -0.476 e. The highest BCUT2D eigenvalue weighted by Crippen LogP contribution is 1.97. The zero-order valence-electron chi connectivity index (χ0n) is 5.48. The van der Waals surface area contributed by atoms with E-state index in [0.29, 0.717) is 5.82 Å². The number of aromatic carboxylic acids is 1. The van der Waals surface area contributed by atoms with Gasteiger partial charge in [0.05, 0.1) is 12.4 Å². The monoisotopic (exact) mass is 154 g/mol. The van der Waals surface area contributed by atoms with Gasteiger partial charge in [0.2, 0.25) is 0 Å². The zero-order valence-corrected chi connectivity index (χ0v) is 5.48. The summed E-state index contributed by atoms with van der Waals surface area (Å²) in [5.41, 5.74) is 2.12. The number of carboxylic acids is 1. The van der Waals surface area contributed by atoms with Crippen molar-refractivity contribution >= 4 is 11.8 Å². The van der Waals surface area contributed by atoms with Gasteiger partial charge in [0.1, 0.15) is 0 Å². The number of carbonyl (C=O) groups is 1. The quantitative estimate of drug-likeness (QED) is 0.390. The van der Waals surface area contributed by atoms with Crippen LogP contribution in [0.25, 0.3) is 0 Å². The Kier molecular flexibility index (Phi) is 1.98. The van der Waals surface area contributed by atoms with E-state index in [4.69, 9.17) is 10.9 Å². The Balaban J connectivity index is 2.91. The van der Waals surface area contributed by atoms with Crippen LogP contribution < -0.4 is 11.3 Å². The molecule has 0 amide bonds. The number of nitrogens with zero attached hydrogens (tertiary/aromatic N) is 2. The zero-order chi connectivity index (χ0) is 8.27. The third-order valence-electron chi connectivity index (χ3n) is 1.02. The molecule has 1 rings (SSSR count). The Bertz CT molecular complexity index is 258. The molecule has 0 aliphatic carbocycles. The van der Waals surface area contributed by atoms with Gasteiger partial charge in [-0.1, -0.05) is 0 Å². The molecular formula is C5H6N4O2. The summed E-state index contributed by atoms with van der Waals surface area (Å²) in [6.07, 6.45) is 2.36. The third-order valence-corrected chi connectivity index (χ3v) is 1.02. The maximum Gasteiger partial charge on any atom is 0.356 e. The summed E-state index contributed by atoms with van der Waals surface area (Å²) in [4.78, 5) is 17.4. The SMILES string of the molecule is NNc1cnc(C(=O)O)cn1. The van der Waals surface area contributed by atoms with Crippen LogP contribution in [-0.2, 0) is 0 Å². The van der Waals surface area contributed by atoms with E-state index in [0.717, 1.165) is 6.20 Å². The molecule has 0 atom stereocenters. The fourth-order valence-corrected chi connectivity index (χ4v) is 0.513. The molecular weight excluding hydrogens is 148 g/mol. The van der Waals surface area contributed by atoms with Crippen LogP contribution in [0.3, 0.4) is 0 Å². The lowest BCUT2D eigenvalue weighted by Crippen LogP contribution is -2.10. The molecule has 0 fully saturated rings. The number of hydrogen-bond donors (Lipinski definition) is 3. The first-order valence-electron chi connectivity index (χ1n) is 2.76. The van der Waals surface area contributed by atoms with Gasteiger partial charge in [0.15, 0.2) is 11.5 Å². The molecule has 0 bridgehead atoms. The summed E-state index contributed by atoms with van der Waals surface area (Å²) < 4.78 is 0. The van der Waals surface area contributed by atoms with Gasteiger partial charge in [0.25, 0.3) is 0 Å². The molecule has 0 aromatic carbocycles. The second kappa shape index (κ2) is 2.93.